The largest absolute Gasteiger partial charge is 0.378 e. The van der Waals surface area contributed by atoms with Crippen LogP contribution in [0.25, 0.3) is 0 Å². The topological polar surface area (TPSA) is 47.6 Å². The lowest BCUT2D eigenvalue weighted by Crippen LogP contribution is -2.31. The van der Waals surface area contributed by atoms with Gasteiger partial charge in [-0.25, -0.2) is 4.39 Å². The number of halogens is 1. The van der Waals surface area contributed by atoms with Crippen molar-refractivity contribution in [3.8, 4) is 0 Å². The molecule has 1 aromatic carbocycles. The lowest BCUT2D eigenvalue weighted by molar-refractivity contribution is -0.123. The second-order valence-electron chi connectivity index (χ2n) is 5.88. The summed E-state index contributed by atoms with van der Waals surface area (Å²) in [7, 11) is 0. The molecule has 1 saturated heterocycles. The molecule has 2 unspecified atom stereocenters. The van der Waals surface area contributed by atoms with Crippen LogP contribution in [-0.4, -0.2) is 37.6 Å². The Morgan fingerprint density at radius 2 is 2.35 bits per heavy atom. The third-order valence-corrected chi connectivity index (χ3v) is 5.32. The van der Waals surface area contributed by atoms with Crippen molar-refractivity contribution in [1.29, 1.82) is 0 Å². The van der Waals surface area contributed by atoms with Crippen molar-refractivity contribution >= 4 is 17.7 Å². The molecular formula is C17H22FNO3S. The number of benzene rings is 1. The summed E-state index contributed by atoms with van der Waals surface area (Å²) in [4.78, 5) is 12.7. The van der Waals surface area contributed by atoms with Gasteiger partial charge in [0.1, 0.15) is 5.82 Å². The fourth-order valence-corrected chi connectivity index (χ4v) is 4.10. The molecule has 1 amide bonds. The summed E-state index contributed by atoms with van der Waals surface area (Å²) in [5.74, 6) is 0.560. The summed E-state index contributed by atoms with van der Waals surface area (Å²) in [5, 5.41) is 3.00. The molecule has 0 aliphatic carbocycles. The van der Waals surface area contributed by atoms with Crippen LogP contribution in [0.3, 0.4) is 0 Å². The van der Waals surface area contributed by atoms with E-state index in [0.717, 1.165) is 37.2 Å². The van der Waals surface area contributed by atoms with Crippen molar-refractivity contribution in [2.24, 2.45) is 0 Å². The van der Waals surface area contributed by atoms with Crippen LogP contribution in [0.5, 0.6) is 0 Å². The lowest BCUT2D eigenvalue weighted by Gasteiger charge is -2.26. The van der Waals surface area contributed by atoms with Gasteiger partial charge in [0, 0.05) is 23.7 Å². The average molecular weight is 339 g/mol. The van der Waals surface area contributed by atoms with Gasteiger partial charge in [0.2, 0.25) is 5.91 Å². The molecule has 2 aliphatic rings. The minimum absolute atomic E-state index is 0.0514. The monoisotopic (exact) mass is 339 g/mol. The number of amides is 1. The predicted octanol–water partition coefficient (Wildman–Crippen LogP) is 3.06. The van der Waals surface area contributed by atoms with Crippen molar-refractivity contribution < 1.29 is 18.7 Å². The molecule has 23 heavy (non-hydrogen) atoms. The first kappa shape index (κ1) is 16.7. The van der Waals surface area contributed by atoms with E-state index in [0.29, 0.717) is 24.5 Å². The van der Waals surface area contributed by atoms with Gasteiger partial charge in [0.15, 0.2) is 0 Å². The first-order chi connectivity index (χ1) is 11.2. The lowest BCUT2D eigenvalue weighted by atomic mass is 10.0. The Balaban J connectivity index is 1.44. The molecule has 1 aromatic rings. The van der Waals surface area contributed by atoms with E-state index < -0.39 is 0 Å². The van der Waals surface area contributed by atoms with Gasteiger partial charge in [-0.2, -0.15) is 0 Å². The summed E-state index contributed by atoms with van der Waals surface area (Å²) in [6.07, 6.45) is 3.45. The highest BCUT2D eigenvalue weighted by molar-refractivity contribution is 7.99. The number of ether oxygens (including phenoxy) is 2. The molecule has 0 bridgehead atoms. The fourth-order valence-electron chi connectivity index (χ4n) is 2.96. The molecule has 2 atom stereocenters. The molecule has 3 rings (SSSR count). The van der Waals surface area contributed by atoms with Crippen LogP contribution in [0, 0.1) is 5.82 Å². The summed E-state index contributed by atoms with van der Waals surface area (Å²) >= 11 is 1.52. The number of hydrogen-bond acceptors (Lipinski definition) is 4. The van der Waals surface area contributed by atoms with Gasteiger partial charge in [-0.3, -0.25) is 4.79 Å². The van der Waals surface area contributed by atoms with Gasteiger partial charge in [0.25, 0.3) is 0 Å². The van der Waals surface area contributed by atoms with E-state index in [-0.39, 0.29) is 23.9 Å². The highest BCUT2D eigenvalue weighted by Crippen LogP contribution is 2.37. The van der Waals surface area contributed by atoms with Gasteiger partial charge in [-0.15, -0.1) is 11.8 Å². The van der Waals surface area contributed by atoms with Crippen LogP contribution < -0.4 is 5.32 Å². The molecule has 2 heterocycles. The molecule has 1 fully saturated rings. The zero-order valence-corrected chi connectivity index (χ0v) is 13.9. The highest BCUT2D eigenvalue weighted by atomic mass is 32.2. The number of nitrogens with one attached hydrogen (secondary N) is 1. The smallest absolute Gasteiger partial charge is 0.222 e. The van der Waals surface area contributed by atoms with Crippen molar-refractivity contribution in [1.82, 2.24) is 5.32 Å². The van der Waals surface area contributed by atoms with Crippen LogP contribution in [0.1, 0.15) is 37.3 Å². The quantitative estimate of drug-likeness (QED) is 0.809. The summed E-state index contributed by atoms with van der Waals surface area (Å²) in [6, 6.07) is 4.95. The SMILES string of the molecule is O=C(CCOCC1CCCO1)NC1CCSc2c(F)cccc21. The average Bonchev–Trinajstić information content (AvgIpc) is 3.06. The number of carbonyl (C=O) groups excluding carboxylic acids is 1. The molecule has 4 nitrogen and oxygen atoms in total. The zero-order chi connectivity index (χ0) is 16.1. The Labute approximate surface area is 140 Å². The molecule has 1 N–H and O–H groups in total. The summed E-state index contributed by atoms with van der Waals surface area (Å²) in [6.45, 7) is 1.76. The van der Waals surface area contributed by atoms with E-state index in [2.05, 4.69) is 5.32 Å². The van der Waals surface area contributed by atoms with E-state index >= 15 is 0 Å². The van der Waals surface area contributed by atoms with Gasteiger partial charge in [-0.05, 0) is 30.9 Å². The second-order valence-corrected chi connectivity index (χ2v) is 6.98. The van der Waals surface area contributed by atoms with Crippen LogP contribution in [0.2, 0.25) is 0 Å². The van der Waals surface area contributed by atoms with E-state index in [1.54, 1.807) is 6.07 Å². The van der Waals surface area contributed by atoms with Gasteiger partial charge in [-0.1, -0.05) is 12.1 Å². The normalized spacial score (nSPS) is 23.5. The molecule has 0 aromatic heterocycles. The molecular weight excluding hydrogens is 317 g/mol. The maximum absolute atomic E-state index is 13.8. The number of rotatable bonds is 6. The van der Waals surface area contributed by atoms with Crippen molar-refractivity contribution in [2.75, 3.05) is 25.6 Å². The van der Waals surface area contributed by atoms with Crippen LogP contribution >= 0.6 is 11.8 Å². The predicted molar refractivity (Wildman–Crippen MR) is 87.0 cm³/mol. The first-order valence-electron chi connectivity index (χ1n) is 8.14. The Bertz CT molecular complexity index is 549. The maximum atomic E-state index is 13.8. The fraction of sp³-hybridized carbons (Fsp3) is 0.588. The summed E-state index contributed by atoms with van der Waals surface area (Å²) < 4.78 is 24.8. The van der Waals surface area contributed by atoms with Crippen molar-refractivity contribution in [3.63, 3.8) is 0 Å². The minimum Gasteiger partial charge on any atom is -0.378 e. The highest BCUT2D eigenvalue weighted by Gasteiger charge is 2.24. The summed E-state index contributed by atoms with van der Waals surface area (Å²) in [5.41, 5.74) is 0.884. The third-order valence-electron chi connectivity index (χ3n) is 4.16. The molecule has 0 radical (unpaired) electrons. The zero-order valence-electron chi connectivity index (χ0n) is 13.1. The van der Waals surface area contributed by atoms with Gasteiger partial charge < -0.3 is 14.8 Å². The minimum atomic E-state index is -0.202. The van der Waals surface area contributed by atoms with Crippen LogP contribution in [0.4, 0.5) is 4.39 Å². The number of hydrogen-bond donors (Lipinski definition) is 1. The van der Waals surface area contributed by atoms with Gasteiger partial charge in [0.05, 0.1) is 25.4 Å². The Morgan fingerprint density at radius 3 is 3.17 bits per heavy atom. The molecule has 6 heteroatoms. The number of thioether (sulfide) groups is 1. The van der Waals surface area contributed by atoms with Crippen molar-refractivity contribution in [2.45, 2.75) is 42.7 Å². The number of fused-ring (bicyclic) bond motifs is 1. The van der Waals surface area contributed by atoms with Crippen LogP contribution in [0.15, 0.2) is 23.1 Å². The Morgan fingerprint density at radius 1 is 1.43 bits per heavy atom. The molecule has 2 aliphatic heterocycles. The first-order valence-corrected chi connectivity index (χ1v) is 9.12. The standard InChI is InChI=1S/C17H22FNO3S/c18-14-5-1-4-13-15(7-10-23-17(13)14)19-16(20)6-9-21-11-12-3-2-8-22-12/h1,4-5,12,15H,2-3,6-11H2,(H,19,20). The van der Waals surface area contributed by atoms with Crippen molar-refractivity contribution in [3.05, 3.63) is 29.6 Å². The Kier molecular flexibility index (Phi) is 5.91. The van der Waals surface area contributed by atoms with E-state index in [9.17, 15) is 9.18 Å². The third kappa shape index (κ3) is 4.46. The van der Waals surface area contributed by atoms with Crippen LogP contribution in [-0.2, 0) is 14.3 Å². The van der Waals surface area contributed by atoms with Gasteiger partial charge >= 0.3 is 0 Å². The number of carbonyl (C=O) groups is 1. The molecule has 126 valence electrons. The van der Waals surface area contributed by atoms with E-state index in [4.69, 9.17) is 9.47 Å². The van der Waals surface area contributed by atoms with E-state index in [1.165, 1.54) is 17.8 Å². The second kappa shape index (κ2) is 8.13. The Hall–Kier alpha value is -1.11. The molecule has 0 saturated carbocycles. The van der Waals surface area contributed by atoms with E-state index in [1.807, 2.05) is 6.07 Å². The maximum Gasteiger partial charge on any atom is 0.222 e. The molecule has 0 spiro atoms.